The molecule has 1 atom stereocenters. The Balaban J connectivity index is 1.88. The predicted octanol–water partition coefficient (Wildman–Crippen LogP) is 2.77. The van der Waals surface area contributed by atoms with E-state index in [1.807, 2.05) is 24.3 Å². The average Bonchev–Trinajstić information content (AvgIpc) is 2.47. The second-order valence-corrected chi connectivity index (χ2v) is 5.68. The van der Waals surface area contributed by atoms with Crippen LogP contribution in [0.25, 0.3) is 0 Å². The van der Waals surface area contributed by atoms with E-state index in [1.54, 1.807) is 7.11 Å². The normalized spacial score (nSPS) is 18.7. The van der Waals surface area contributed by atoms with Gasteiger partial charge in [0, 0.05) is 6.54 Å². The van der Waals surface area contributed by atoms with E-state index < -0.39 is 5.97 Å². The monoisotopic (exact) mass is 297 g/mol. The molecule has 1 heterocycles. The number of likely N-dealkylation sites (tertiary alicyclic amines) is 1. The lowest BCUT2D eigenvalue weighted by molar-refractivity contribution is -0.143. The molecule has 4 nitrogen and oxygen atoms in total. The number of piperidine rings is 1. The summed E-state index contributed by atoms with van der Waals surface area (Å²) in [5.74, 6) is -0.0746. The van der Waals surface area contributed by atoms with Crippen LogP contribution in [-0.2, 0) is 4.79 Å². The second-order valence-electron chi connectivity index (χ2n) is 5.16. The first kappa shape index (κ1) is 15.1. The molecule has 1 saturated heterocycles. The van der Waals surface area contributed by atoms with E-state index in [2.05, 4.69) is 4.90 Å². The van der Waals surface area contributed by atoms with Crippen LogP contribution in [0.1, 0.15) is 23.8 Å². The summed E-state index contributed by atoms with van der Waals surface area (Å²) in [5.41, 5.74) is 1.03. The summed E-state index contributed by atoms with van der Waals surface area (Å²) < 4.78 is 5.20. The van der Waals surface area contributed by atoms with Crippen LogP contribution in [0, 0.1) is 5.92 Å². The van der Waals surface area contributed by atoms with Gasteiger partial charge in [0.05, 0.1) is 18.4 Å². The molecule has 0 spiro atoms. The van der Waals surface area contributed by atoms with Crippen LogP contribution in [0.15, 0.2) is 24.3 Å². The first-order chi connectivity index (χ1) is 9.60. The molecule has 1 aromatic rings. The Morgan fingerprint density at radius 2 is 2.20 bits per heavy atom. The molecule has 1 aliphatic rings. The third kappa shape index (κ3) is 3.87. The van der Waals surface area contributed by atoms with Crippen LogP contribution in [0.5, 0.6) is 5.75 Å². The van der Waals surface area contributed by atoms with Crippen molar-refractivity contribution in [1.82, 2.24) is 4.90 Å². The van der Waals surface area contributed by atoms with Crippen molar-refractivity contribution in [1.29, 1.82) is 0 Å². The largest absolute Gasteiger partial charge is 0.497 e. The van der Waals surface area contributed by atoms with Crippen LogP contribution in [-0.4, -0.2) is 42.7 Å². The highest BCUT2D eigenvalue weighted by atomic mass is 35.5. The van der Waals surface area contributed by atoms with E-state index in [0.29, 0.717) is 12.8 Å². The third-order valence-electron chi connectivity index (χ3n) is 3.81. The minimum atomic E-state index is -0.681. The van der Waals surface area contributed by atoms with Gasteiger partial charge in [-0.1, -0.05) is 12.1 Å². The number of aliphatic carboxylic acids is 1. The molecular weight excluding hydrogens is 278 g/mol. The second kappa shape index (κ2) is 6.95. The number of hydrogen-bond acceptors (Lipinski definition) is 3. The summed E-state index contributed by atoms with van der Waals surface area (Å²) in [5, 5.41) is 8.88. The molecule has 0 bridgehead atoms. The van der Waals surface area contributed by atoms with Crippen molar-refractivity contribution >= 4 is 17.6 Å². The van der Waals surface area contributed by atoms with Crippen molar-refractivity contribution in [3.8, 4) is 5.75 Å². The lowest BCUT2D eigenvalue weighted by atomic mass is 9.97. The van der Waals surface area contributed by atoms with Crippen LogP contribution in [0.4, 0.5) is 0 Å². The van der Waals surface area contributed by atoms with Gasteiger partial charge >= 0.3 is 5.97 Å². The van der Waals surface area contributed by atoms with Crippen molar-refractivity contribution in [3.63, 3.8) is 0 Å². The highest BCUT2D eigenvalue weighted by molar-refractivity contribution is 6.21. The maximum Gasteiger partial charge on any atom is 0.306 e. The van der Waals surface area contributed by atoms with E-state index in [1.165, 1.54) is 0 Å². The fourth-order valence-electron chi connectivity index (χ4n) is 2.53. The van der Waals surface area contributed by atoms with Gasteiger partial charge < -0.3 is 14.7 Å². The number of rotatable bonds is 5. The van der Waals surface area contributed by atoms with E-state index >= 15 is 0 Å². The average molecular weight is 298 g/mol. The van der Waals surface area contributed by atoms with E-state index in [-0.39, 0.29) is 11.3 Å². The van der Waals surface area contributed by atoms with Crippen molar-refractivity contribution in [2.45, 2.75) is 18.2 Å². The summed E-state index contributed by atoms with van der Waals surface area (Å²) in [6, 6.07) is 7.76. The van der Waals surface area contributed by atoms with Crippen LogP contribution < -0.4 is 4.74 Å². The van der Waals surface area contributed by atoms with Gasteiger partial charge in [0.15, 0.2) is 0 Å². The Morgan fingerprint density at radius 1 is 1.50 bits per heavy atom. The predicted molar refractivity (Wildman–Crippen MR) is 78.4 cm³/mol. The first-order valence-electron chi connectivity index (χ1n) is 6.83. The number of halogens is 1. The fraction of sp³-hybridized carbons (Fsp3) is 0.533. The summed E-state index contributed by atoms with van der Waals surface area (Å²) in [6.45, 7) is 2.33. The topological polar surface area (TPSA) is 49.8 Å². The molecular formula is C15H20ClNO3. The SMILES string of the molecule is COc1cccc(C(Cl)CN2CCC(C(=O)O)CC2)c1. The minimum absolute atomic E-state index is 0.105. The van der Waals surface area contributed by atoms with Crippen molar-refractivity contribution in [2.24, 2.45) is 5.92 Å². The Labute approximate surface area is 124 Å². The molecule has 0 saturated carbocycles. The number of ether oxygens (including phenoxy) is 1. The van der Waals surface area contributed by atoms with Gasteiger partial charge in [0.25, 0.3) is 0 Å². The van der Waals surface area contributed by atoms with Crippen molar-refractivity contribution in [2.75, 3.05) is 26.7 Å². The maximum absolute atomic E-state index is 10.9. The molecule has 1 N–H and O–H groups in total. The van der Waals surface area contributed by atoms with Gasteiger partial charge in [-0.3, -0.25) is 4.79 Å². The summed E-state index contributed by atoms with van der Waals surface area (Å²) in [7, 11) is 1.64. The van der Waals surface area contributed by atoms with Gasteiger partial charge in [0.2, 0.25) is 0 Å². The molecule has 1 aliphatic heterocycles. The Morgan fingerprint density at radius 3 is 2.80 bits per heavy atom. The number of methoxy groups -OCH3 is 1. The summed E-state index contributed by atoms with van der Waals surface area (Å²) in [4.78, 5) is 13.1. The molecule has 1 unspecified atom stereocenters. The molecule has 0 amide bonds. The maximum atomic E-state index is 10.9. The molecule has 0 radical (unpaired) electrons. The smallest absolute Gasteiger partial charge is 0.306 e. The molecule has 0 aliphatic carbocycles. The van der Waals surface area contributed by atoms with Crippen molar-refractivity contribution < 1.29 is 14.6 Å². The zero-order chi connectivity index (χ0) is 14.5. The molecule has 20 heavy (non-hydrogen) atoms. The van der Waals surface area contributed by atoms with E-state index in [4.69, 9.17) is 21.4 Å². The number of carbonyl (C=O) groups is 1. The number of alkyl halides is 1. The standard InChI is InChI=1S/C15H20ClNO3/c1-20-13-4-2-3-12(9-13)14(16)10-17-7-5-11(6-8-17)15(18)19/h2-4,9,11,14H,5-8,10H2,1H3,(H,18,19). The van der Waals surface area contributed by atoms with Gasteiger partial charge in [-0.15, -0.1) is 11.6 Å². The number of benzene rings is 1. The molecule has 5 heteroatoms. The highest BCUT2D eigenvalue weighted by Gasteiger charge is 2.25. The zero-order valence-electron chi connectivity index (χ0n) is 11.6. The van der Waals surface area contributed by atoms with Gasteiger partial charge in [-0.25, -0.2) is 0 Å². The minimum Gasteiger partial charge on any atom is -0.497 e. The van der Waals surface area contributed by atoms with E-state index in [0.717, 1.165) is 30.9 Å². The highest BCUT2D eigenvalue weighted by Crippen LogP contribution is 2.27. The first-order valence-corrected chi connectivity index (χ1v) is 7.27. The number of hydrogen-bond donors (Lipinski definition) is 1. The molecule has 2 rings (SSSR count). The lowest BCUT2D eigenvalue weighted by Crippen LogP contribution is -2.37. The van der Waals surface area contributed by atoms with Crippen LogP contribution in [0.3, 0.4) is 0 Å². The molecule has 110 valence electrons. The molecule has 0 aromatic heterocycles. The Bertz CT molecular complexity index is 458. The van der Waals surface area contributed by atoms with Gasteiger partial charge in [-0.2, -0.15) is 0 Å². The molecule has 1 aromatic carbocycles. The van der Waals surface area contributed by atoms with Crippen molar-refractivity contribution in [3.05, 3.63) is 29.8 Å². The van der Waals surface area contributed by atoms with Gasteiger partial charge in [0.1, 0.15) is 5.75 Å². The van der Waals surface area contributed by atoms with Crippen LogP contribution in [0.2, 0.25) is 0 Å². The number of carboxylic acids is 1. The Hall–Kier alpha value is -1.26. The summed E-state index contributed by atoms with van der Waals surface area (Å²) >= 11 is 6.45. The zero-order valence-corrected chi connectivity index (χ0v) is 12.3. The lowest BCUT2D eigenvalue weighted by Gasteiger charge is -2.31. The van der Waals surface area contributed by atoms with Crippen LogP contribution >= 0.6 is 11.6 Å². The number of nitrogens with zero attached hydrogens (tertiary/aromatic N) is 1. The fourth-order valence-corrected chi connectivity index (χ4v) is 2.86. The van der Waals surface area contributed by atoms with Gasteiger partial charge in [-0.05, 0) is 43.6 Å². The summed E-state index contributed by atoms with van der Waals surface area (Å²) in [6.07, 6.45) is 1.41. The molecule has 1 fully saturated rings. The third-order valence-corrected chi connectivity index (χ3v) is 4.20. The number of carboxylic acid groups (broad SMARTS) is 1. The van der Waals surface area contributed by atoms with E-state index in [9.17, 15) is 4.79 Å². The quantitative estimate of drug-likeness (QED) is 0.849. The Kier molecular flexibility index (Phi) is 5.26.